The van der Waals surface area contributed by atoms with Gasteiger partial charge in [0.1, 0.15) is 5.69 Å². The summed E-state index contributed by atoms with van der Waals surface area (Å²) >= 11 is 0. The molecule has 0 unspecified atom stereocenters. The molecule has 134 valence electrons. The van der Waals surface area contributed by atoms with Crippen LogP contribution < -0.4 is 10.2 Å². The van der Waals surface area contributed by atoms with Gasteiger partial charge in [-0.25, -0.2) is 9.97 Å². The fourth-order valence-electron chi connectivity index (χ4n) is 2.60. The van der Waals surface area contributed by atoms with Crippen molar-refractivity contribution in [3.8, 4) is 11.3 Å². The number of rotatable bonds is 5. The zero-order valence-corrected chi connectivity index (χ0v) is 15.4. The van der Waals surface area contributed by atoms with Crippen LogP contribution in [0.1, 0.15) is 21.9 Å². The molecule has 2 aromatic heterocycles. The molecular formula is C19H22N6O. The lowest BCUT2D eigenvalue weighted by atomic mass is 10.1. The molecule has 1 N–H and O–H groups in total. The first-order valence-electron chi connectivity index (χ1n) is 8.33. The minimum absolute atomic E-state index is 0.190. The lowest BCUT2D eigenvalue weighted by Crippen LogP contribution is -2.26. The Labute approximate surface area is 152 Å². The van der Waals surface area contributed by atoms with Crippen molar-refractivity contribution in [2.75, 3.05) is 19.0 Å². The third-order valence-electron chi connectivity index (χ3n) is 3.91. The Bertz CT molecular complexity index is 917. The Hall–Kier alpha value is -3.22. The van der Waals surface area contributed by atoms with Crippen LogP contribution in [0.2, 0.25) is 0 Å². The molecule has 3 aromatic rings. The Morgan fingerprint density at radius 2 is 1.88 bits per heavy atom. The molecule has 7 heteroatoms. The van der Waals surface area contributed by atoms with E-state index >= 15 is 0 Å². The highest BCUT2D eigenvalue weighted by molar-refractivity contribution is 5.93. The number of hydrogen-bond donors (Lipinski definition) is 1. The van der Waals surface area contributed by atoms with Gasteiger partial charge in [-0.2, -0.15) is 5.10 Å². The van der Waals surface area contributed by atoms with Crippen LogP contribution in [0.4, 0.5) is 5.95 Å². The van der Waals surface area contributed by atoms with Gasteiger partial charge < -0.3 is 10.2 Å². The number of carbonyl (C=O) groups is 1. The Morgan fingerprint density at radius 1 is 1.15 bits per heavy atom. The summed E-state index contributed by atoms with van der Waals surface area (Å²) in [6.07, 6.45) is 0. The summed E-state index contributed by atoms with van der Waals surface area (Å²) in [7, 11) is 5.54. The molecule has 0 radical (unpaired) electrons. The molecule has 7 nitrogen and oxygen atoms in total. The predicted molar refractivity (Wildman–Crippen MR) is 101 cm³/mol. The molecule has 0 aliphatic rings. The first kappa shape index (κ1) is 17.6. The van der Waals surface area contributed by atoms with Gasteiger partial charge in [-0.1, -0.05) is 30.3 Å². The maximum Gasteiger partial charge on any atom is 0.269 e. The van der Waals surface area contributed by atoms with Crippen molar-refractivity contribution in [1.82, 2.24) is 25.1 Å². The summed E-state index contributed by atoms with van der Waals surface area (Å²) in [5.41, 5.74) is 3.87. The smallest absolute Gasteiger partial charge is 0.269 e. The number of carbonyl (C=O) groups excluding carboxylic acids is 1. The standard InChI is InChI=1S/C19H22N6O/c1-13-10-15(22-19(21-13)24(2)3)12-20-18(26)17-11-16(23-25(17)4)14-8-6-5-7-9-14/h5-11H,12H2,1-4H3,(H,20,26). The zero-order valence-electron chi connectivity index (χ0n) is 15.4. The molecule has 0 saturated heterocycles. The van der Waals surface area contributed by atoms with E-state index in [1.165, 1.54) is 0 Å². The molecule has 0 aliphatic carbocycles. The van der Waals surface area contributed by atoms with Gasteiger partial charge in [0.2, 0.25) is 5.95 Å². The number of amides is 1. The molecule has 1 aromatic carbocycles. The lowest BCUT2D eigenvalue weighted by molar-refractivity contribution is 0.0941. The lowest BCUT2D eigenvalue weighted by Gasteiger charge is -2.12. The zero-order chi connectivity index (χ0) is 18.7. The molecule has 26 heavy (non-hydrogen) atoms. The average Bonchev–Trinajstić information content (AvgIpc) is 3.02. The molecule has 0 atom stereocenters. The van der Waals surface area contributed by atoms with Gasteiger partial charge in [0.15, 0.2) is 0 Å². The van der Waals surface area contributed by atoms with Gasteiger partial charge >= 0.3 is 0 Å². The van der Waals surface area contributed by atoms with E-state index in [0.29, 0.717) is 18.2 Å². The molecule has 0 aliphatic heterocycles. The van der Waals surface area contributed by atoms with Crippen molar-refractivity contribution < 1.29 is 4.79 Å². The van der Waals surface area contributed by atoms with Gasteiger partial charge in [0.25, 0.3) is 5.91 Å². The van der Waals surface area contributed by atoms with E-state index in [2.05, 4.69) is 20.4 Å². The van der Waals surface area contributed by atoms with E-state index in [1.54, 1.807) is 17.8 Å². The second kappa shape index (κ2) is 7.35. The number of aromatic nitrogens is 4. The number of nitrogens with one attached hydrogen (secondary N) is 1. The summed E-state index contributed by atoms with van der Waals surface area (Å²) in [6, 6.07) is 13.4. The van der Waals surface area contributed by atoms with E-state index in [0.717, 1.165) is 22.6 Å². The van der Waals surface area contributed by atoms with Crippen molar-refractivity contribution in [2.24, 2.45) is 7.05 Å². The topological polar surface area (TPSA) is 75.9 Å². The molecular weight excluding hydrogens is 328 g/mol. The quantitative estimate of drug-likeness (QED) is 0.763. The maximum absolute atomic E-state index is 12.6. The van der Waals surface area contributed by atoms with E-state index < -0.39 is 0 Å². The van der Waals surface area contributed by atoms with Crippen LogP contribution in [0, 0.1) is 6.92 Å². The Kier molecular flexibility index (Phi) is 4.97. The molecule has 0 bridgehead atoms. The average molecular weight is 350 g/mol. The van der Waals surface area contributed by atoms with Crippen molar-refractivity contribution >= 4 is 11.9 Å². The minimum atomic E-state index is -0.190. The van der Waals surface area contributed by atoms with Gasteiger partial charge in [-0.05, 0) is 19.1 Å². The predicted octanol–water partition coefficient (Wildman–Crippen LogP) is 2.18. The first-order chi connectivity index (χ1) is 12.4. The number of aryl methyl sites for hydroxylation is 2. The minimum Gasteiger partial charge on any atom is -0.347 e. The van der Waals surface area contributed by atoms with E-state index in [9.17, 15) is 4.79 Å². The third-order valence-corrected chi connectivity index (χ3v) is 3.91. The molecule has 0 saturated carbocycles. The SMILES string of the molecule is Cc1cc(CNC(=O)c2cc(-c3ccccc3)nn2C)nc(N(C)C)n1. The van der Waals surface area contributed by atoms with Crippen LogP contribution in [-0.4, -0.2) is 39.8 Å². The third kappa shape index (κ3) is 3.88. The second-order valence-electron chi connectivity index (χ2n) is 6.28. The van der Waals surface area contributed by atoms with Crippen LogP contribution in [0.3, 0.4) is 0 Å². The molecule has 3 rings (SSSR count). The van der Waals surface area contributed by atoms with Crippen molar-refractivity contribution in [1.29, 1.82) is 0 Å². The molecule has 1 amide bonds. The largest absolute Gasteiger partial charge is 0.347 e. The fraction of sp³-hybridized carbons (Fsp3) is 0.263. The normalized spacial score (nSPS) is 10.6. The Morgan fingerprint density at radius 3 is 2.58 bits per heavy atom. The van der Waals surface area contributed by atoms with Crippen molar-refractivity contribution in [3.05, 3.63) is 59.5 Å². The van der Waals surface area contributed by atoms with Gasteiger partial charge in [0.05, 0.1) is 17.9 Å². The van der Waals surface area contributed by atoms with Crippen LogP contribution in [0.5, 0.6) is 0 Å². The van der Waals surface area contributed by atoms with Crippen LogP contribution in [0.15, 0.2) is 42.5 Å². The van der Waals surface area contributed by atoms with Crippen LogP contribution in [-0.2, 0) is 13.6 Å². The molecule has 0 spiro atoms. The number of nitrogens with zero attached hydrogens (tertiary/aromatic N) is 5. The highest BCUT2D eigenvalue weighted by Gasteiger charge is 2.14. The monoisotopic (exact) mass is 350 g/mol. The number of benzene rings is 1. The van der Waals surface area contributed by atoms with E-state index in [-0.39, 0.29) is 5.91 Å². The van der Waals surface area contributed by atoms with Crippen LogP contribution in [0.25, 0.3) is 11.3 Å². The highest BCUT2D eigenvalue weighted by atomic mass is 16.2. The van der Waals surface area contributed by atoms with Gasteiger partial charge in [0, 0.05) is 32.4 Å². The van der Waals surface area contributed by atoms with Crippen LogP contribution >= 0.6 is 0 Å². The van der Waals surface area contributed by atoms with Gasteiger partial charge in [-0.3, -0.25) is 9.48 Å². The summed E-state index contributed by atoms with van der Waals surface area (Å²) in [5, 5.41) is 7.34. The second-order valence-corrected chi connectivity index (χ2v) is 6.28. The summed E-state index contributed by atoms with van der Waals surface area (Å²) in [6.45, 7) is 2.24. The number of hydrogen-bond acceptors (Lipinski definition) is 5. The Balaban J connectivity index is 1.74. The number of anilines is 1. The summed E-state index contributed by atoms with van der Waals surface area (Å²) in [5.74, 6) is 0.436. The summed E-state index contributed by atoms with van der Waals surface area (Å²) in [4.78, 5) is 23.2. The van der Waals surface area contributed by atoms with E-state index in [4.69, 9.17) is 0 Å². The molecule has 0 fully saturated rings. The fourth-order valence-corrected chi connectivity index (χ4v) is 2.60. The van der Waals surface area contributed by atoms with Crippen molar-refractivity contribution in [3.63, 3.8) is 0 Å². The van der Waals surface area contributed by atoms with E-state index in [1.807, 2.05) is 62.3 Å². The maximum atomic E-state index is 12.6. The highest BCUT2D eigenvalue weighted by Crippen LogP contribution is 2.18. The van der Waals surface area contributed by atoms with Gasteiger partial charge in [-0.15, -0.1) is 0 Å². The molecule has 2 heterocycles. The first-order valence-corrected chi connectivity index (χ1v) is 8.33. The van der Waals surface area contributed by atoms with Crippen molar-refractivity contribution in [2.45, 2.75) is 13.5 Å². The summed E-state index contributed by atoms with van der Waals surface area (Å²) < 4.78 is 1.59.